The highest BCUT2D eigenvalue weighted by atomic mass is 32.2. The molecule has 19 heavy (non-hydrogen) atoms. The maximum Gasteiger partial charge on any atom is 0.342 e. The van der Waals surface area contributed by atoms with Crippen LogP contribution >= 0.6 is 0 Å². The molecule has 0 bridgehead atoms. The monoisotopic (exact) mass is 291 g/mol. The Bertz CT molecular complexity index is 521. The minimum absolute atomic E-state index is 0.130. The second-order valence-electron chi connectivity index (χ2n) is 3.74. The predicted octanol–water partition coefficient (Wildman–Crippen LogP) is -0.364. The van der Waals surface area contributed by atoms with E-state index in [1.807, 2.05) is 0 Å². The minimum Gasteiger partial charge on any atom is -0.462 e. The molecule has 0 saturated carbocycles. The van der Waals surface area contributed by atoms with Gasteiger partial charge >= 0.3 is 5.97 Å². The Balaban J connectivity index is 3.02. The molecule has 1 rings (SSSR count). The maximum absolute atomic E-state index is 12.0. The molecule has 0 aliphatic carbocycles. The lowest BCUT2D eigenvalue weighted by Gasteiger charge is -2.13. The standard InChI is InChI=1S/C10H17N3O5S/c1-3-7(6-14)13-19(16,17)9-8(5-11-12-9)10(15)18-4-2/h5,7,13-14H,3-4,6H2,1-2H3,(H,11,12)/t7-/m0/s1. The first-order chi connectivity index (χ1) is 8.96. The Morgan fingerprint density at radius 2 is 2.26 bits per heavy atom. The van der Waals surface area contributed by atoms with Gasteiger partial charge < -0.3 is 9.84 Å². The smallest absolute Gasteiger partial charge is 0.342 e. The topological polar surface area (TPSA) is 121 Å². The highest BCUT2D eigenvalue weighted by Crippen LogP contribution is 2.14. The highest BCUT2D eigenvalue weighted by molar-refractivity contribution is 7.89. The summed E-state index contributed by atoms with van der Waals surface area (Å²) >= 11 is 0. The molecule has 3 N–H and O–H groups in total. The van der Waals surface area contributed by atoms with E-state index >= 15 is 0 Å². The van der Waals surface area contributed by atoms with Gasteiger partial charge in [-0.25, -0.2) is 17.9 Å². The van der Waals surface area contributed by atoms with E-state index in [0.29, 0.717) is 6.42 Å². The highest BCUT2D eigenvalue weighted by Gasteiger charge is 2.27. The van der Waals surface area contributed by atoms with E-state index in [9.17, 15) is 13.2 Å². The molecular weight excluding hydrogens is 274 g/mol. The molecule has 108 valence electrons. The molecule has 9 heteroatoms. The van der Waals surface area contributed by atoms with Crippen LogP contribution in [-0.2, 0) is 14.8 Å². The van der Waals surface area contributed by atoms with E-state index in [-0.39, 0.29) is 23.8 Å². The van der Waals surface area contributed by atoms with Crippen molar-refractivity contribution >= 4 is 16.0 Å². The Labute approximate surface area is 111 Å². The molecule has 0 spiro atoms. The summed E-state index contributed by atoms with van der Waals surface area (Å²) in [4.78, 5) is 11.6. The lowest BCUT2D eigenvalue weighted by molar-refractivity contribution is 0.0522. The van der Waals surface area contributed by atoms with Crippen LogP contribution in [0.4, 0.5) is 0 Å². The Morgan fingerprint density at radius 3 is 2.79 bits per heavy atom. The van der Waals surface area contributed by atoms with Crippen LogP contribution in [0.3, 0.4) is 0 Å². The first-order valence-corrected chi connectivity index (χ1v) is 7.28. The van der Waals surface area contributed by atoms with E-state index in [1.54, 1.807) is 13.8 Å². The zero-order valence-corrected chi connectivity index (χ0v) is 11.5. The van der Waals surface area contributed by atoms with Crippen molar-refractivity contribution in [2.24, 2.45) is 0 Å². The number of sulfonamides is 1. The molecule has 0 unspecified atom stereocenters. The maximum atomic E-state index is 12.0. The number of esters is 1. The fourth-order valence-corrected chi connectivity index (χ4v) is 2.76. The van der Waals surface area contributed by atoms with Gasteiger partial charge in [-0.05, 0) is 13.3 Å². The van der Waals surface area contributed by atoms with Gasteiger partial charge in [0, 0.05) is 6.04 Å². The fraction of sp³-hybridized carbons (Fsp3) is 0.600. The first-order valence-electron chi connectivity index (χ1n) is 5.79. The molecule has 0 amide bonds. The second-order valence-corrected chi connectivity index (χ2v) is 5.39. The molecule has 1 aromatic heterocycles. The van der Waals surface area contributed by atoms with Crippen LogP contribution in [0, 0.1) is 0 Å². The van der Waals surface area contributed by atoms with Crippen LogP contribution < -0.4 is 4.72 Å². The summed E-state index contributed by atoms with van der Waals surface area (Å²) in [6, 6.07) is -0.622. The number of nitrogens with one attached hydrogen (secondary N) is 2. The van der Waals surface area contributed by atoms with E-state index < -0.39 is 22.0 Å². The van der Waals surface area contributed by atoms with E-state index in [2.05, 4.69) is 14.9 Å². The van der Waals surface area contributed by atoms with Gasteiger partial charge in [-0.1, -0.05) is 6.92 Å². The number of aliphatic hydroxyl groups excluding tert-OH is 1. The Hall–Kier alpha value is -1.45. The summed E-state index contributed by atoms with van der Waals surface area (Å²) in [7, 11) is -3.96. The fourth-order valence-electron chi connectivity index (χ4n) is 1.36. The summed E-state index contributed by atoms with van der Waals surface area (Å²) < 4.78 is 31.1. The number of rotatable bonds is 7. The van der Waals surface area contributed by atoms with Crippen molar-refractivity contribution in [2.75, 3.05) is 13.2 Å². The SMILES string of the molecule is CCOC(=O)c1cn[nH]c1S(=O)(=O)N[C@@H](CC)CO. The molecule has 0 fully saturated rings. The van der Waals surface area contributed by atoms with Crippen molar-refractivity contribution in [1.82, 2.24) is 14.9 Å². The van der Waals surface area contributed by atoms with E-state index in [1.165, 1.54) is 0 Å². The summed E-state index contributed by atoms with van der Waals surface area (Å²) in [6.45, 7) is 3.13. The molecular formula is C10H17N3O5S. The Morgan fingerprint density at radius 1 is 1.58 bits per heavy atom. The lowest BCUT2D eigenvalue weighted by atomic mass is 10.3. The zero-order valence-electron chi connectivity index (χ0n) is 10.7. The van der Waals surface area contributed by atoms with Crippen molar-refractivity contribution in [3.8, 4) is 0 Å². The largest absolute Gasteiger partial charge is 0.462 e. The number of ether oxygens (including phenoxy) is 1. The van der Waals surface area contributed by atoms with Gasteiger partial charge in [0.1, 0.15) is 5.56 Å². The average Bonchev–Trinajstić information content (AvgIpc) is 2.86. The quantitative estimate of drug-likeness (QED) is 0.590. The van der Waals surface area contributed by atoms with Gasteiger partial charge in [-0.2, -0.15) is 5.10 Å². The van der Waals surface area contributed by atoms with Gasteiger partial charge in [0.25, 0.3) is 10.0 Å². The molecule has 0 radical (unpaired) electrons. The molecule has 1 heterocycles. The van der Waals surface area contributed by atoms with Crippen LogP contribution in [-0.4, -0.2) is 48.9 Å². The molecule has 0 aliphatic rings. The number of aromatic amines is 1. The number of nitrogens with zero attached hydrogens (tertiary/aromatic N) is 1. The van der Waals surface area contributed by atoms with Crippen LogP contribution in [0.1, 0.15) is 30.6 Å². The summed E-state index contributed by atoms with van der Waals surface area (Å²) in [5, 5.41) is 14.4. The predicted molar refractivity (Wildman–Crippen MR) is 66.0 cm³/mol. The minimum atomic E-state index is -3.96. The lowest BCUT2D eigenvalue weighted by Crippen LogP contribution is -2.37. The number of carbonyl (C=O) groups is 1. The third-order valence-corrected chi connectivity index (χ3v) is 3.90. The number of hydrogen-bond donors (Lipinski definition) is 3. The zero-order chi connectivity index (χ0) is 14.5. The van der Waals surface area contributed by atoms with Crippen LogP contribution in [0.5, 0.6) is 0 Å². The van der Waals surface area contributed by atoms with Crippen LogP contribution in [0.2, 0.25) is 0 Å². The van der Waals surface area contributed by atoms with Crippen molar-refractivity contribution in [2.45, 2.75) is 31.3 Å². The second kappa shape index (κ2) is 6.64. The van der Waals surface area contributed by atoms with Gasteiger partial charge in [-0.15, -0.1) is 0 Å². The van der Waals surface area contributed by atoms with Crippen molar-refractivity contribution in [3.05, 3.63) is 11.8 Å². The molecule has 8 nitrogen and oxygen atoms in total. The number of aromatic nitrogens is 2. The molecule has 0 saturated heterocycles. The Kier molecular flexibility index (Phi) is 5.45. The summed E-state index contributed by atoms with van der Waals surface area (Å²) in [6.07, 6.45) is 1.51. The van der Waals surface area contributed by atoms with E-state index in [4.69, 9.17) is 9.84 Å². The van der Waals surface area contributed by atoms with Crippen molar-refractivity contribution in [3.63, 3.8) is 0 Å². The average molecular weight is 291 g/mol. The van der Waals surface area contributed by atoms with Gasteiger partial charge in [0.15, 0.2) is 5.03 Å². The number of H-pyrrole nitrogens is 1. The molecule has 1 aromatic rings. The van der Waals surface area contributed by atoms with Crippen LogP contribution in [0.15, 0.2) is 11.2 Å². The third kappa shape index (κ3) is 3.75. The molecule has 0 aromatic carbocycles. The van der Waals surface area contributed by atoms with E-state index in [0.717, 1.165) is 6.20 Å². The van der Waals surface area contributed by atoms with Crippen LogP contribution in [0.25, 0.3) is 0 Å². The number of carbonyl (C=O) groups excluding carboxylic acids is 1. The summed E-state index contributed by atoms with van der Waals surface area (Å²) in [5.74, 6) is -0.770. The van der Waals surface area contributed by atoms with Gasteiger partial charge in [-0.3, -0.25) is 5.10 Å². The van der Waals surface area contributed by atoms with Crippen molar-refractivity contribution < 1.29 is 23.1 Å². The van der Waals surface area contributed by atoms with Gasteiger partial charge in [0.05, 0.1) is 19.4 Å². The normalized spacial score (nSPS) is 13.2. The van der Waals surface area contributed by atoms with Crippen molar-refractivity contribution in [1.29, 1.82) is 0 Å². The number of aliphatic hydroxyl groups is 1. The first kappa shape index (κ1) is 15.6. The molecule has 1 atom stereocenters. The van der Waals surface area contributed by atoms with Gasteiger partial charge in [0.2, 0.25) is 0 Å². The third-order valence-electron chi connectivity index (χ3n) is 2.40. The molecule has 0 aliphatic heterocycles. The summed E-state index contributed by atoms with van der Waals surface area (Å²) in [5.41, 5.74) is -0.165. The number of hydrogen-bond acceptors (Lipinski definition) is 6.